The van der Waals surface area contributed by atoms with E-state index in [1.54, 1.807) is 13.0 Å². The Morgan fingerprint density at radius 2 is 1.93 bits per heavy atom. The lowest BCUT2D eigenvalue weighted by atomic mass is 10.1. The van der Waals surface area contributed by atoms with Crippen LogP contribution in [0.3, 0.4) is 0 Å². The molecule has 0 fully saturated rings. The highest BCUT2D eigenvalue weighted by Crippen LogP contribution is 2.16. The van der Waals surface area contributed by atoms with Crippen LogP contribution >= 0.6 is 0 Å². The lowest BCUT2D eigenvalue weighted by molar-refractivity contribution is -0.116. The van der Waals surface area contributed by atoms with Gasteiger partial charge in [-0.25, -0.2) is 4.79 Å². The second kappa shape index (κ2) is 10.4. The molecule has 0 atom stereocenters. The molecular weight excluding hydrogens is 344 g/mol. The lowest BCUT2D eigenvalue weighted by Gasteiger charge is -2.23. The van der Waals surface area contributed by atoms with Crippen molar-refractivity contribution in [3.8, 4) is 0 Å². The molecule has 3 amide bonds. The van der Waals surface area contributed by atoms with E-state index >= 15 is 0 Å². The van der Waals surface area contributed by atoms with Crippen molar-refractivity contribution in [3.63, 3.8) is 0 Å². The smallest absolute Gasteiger partial charge is 0.322 e. The number of nitrogens with zero attached hydrogens (tertiary/aromatic N) is 2. The van der Waals surface area contributed by atoms with Gasteiger partial charge >= 0.3 is 6.03 Å². The van der Waals surface area contributed by atoms with Gasteiger partial charge in [0, 0.05) is 18.3 Å². The minimum absolute atomic E-state index is 0.0459. The molecule has 0 saturated carbocycles. The maximum atomic E-state index is 12.8. The number of nitrogens with one attached hydrogen (secondary N) is 2. The molecule has 0 unspecified atom stereocenters. The first-order chi connectivity index (χ1) is 13.0. The van der Waals surface area contributed by atoms with E-state index in [0.29, 0.717) is 18.1 Å². The van der Waals surface area contributed by atoms with E-state index in [1.165, 1.54) is 4.90 Å². The van der Waals surface area contributed by atoms with Crippen molar-refractivity contribution in [1.29, 1.82) is 0 Å². The number of carbonyl (C=O) groups is 2. The highest BCUT2D eigenvalue weighted by molar-refractivity contribution is 5.96. The van der Waals surface area contributed by atoms with Crippen molar-refractivity contribution < 1.29 is 14.1 Å². The van der Waals surface area contributed by atoms with Crippen LogP contribution in [0.15, 0.2) is 34.9 Å². The normalized spacial score (nSPS) is 10.5. The van der Waals surface area contributed by atoms with Gasteiger partial charge in [0.25, 0.3) is 0 Å². The van der Waals surface area contributed by atoms with Crippen molar-refractivity contribution in [2.24, 2.45) is 0 Å². The van der Waals surface area contributed by atoms with Crippen LogP contribution in [0, 0.1) is 6.92 Å². The summed E-state index contributed by atoms with van der Waals surface area (Å²) >= 11 is 0. The second-order valence-corrected chi connectivity index (χ2v) is 6.44. The number of hydrogen-bond donors (Lipinski definition) is 2. The molecule has 2 N–H and O–H groups in total. The van der Waals surface area contributed by atoms with Crippen LogP contribution in [-0.2, 0) is 11.2 Å². The molecule has 0 radical (unpaired) electrons. The molecular formula is C20H28N4O3. The van der Waals surface area contributed by atoms with Crippen LogP contribution in [0.25, 0.3) is 0 Å². The Balaban J connectivity index is 2.03. The molecule has 1 heterocycles. The van der Waals surface area contributed by atoms with E-state index < -0.39 is 0 Å². The molecule has 2 aromatic rings. The van der Waals surface area contributed by atoms with Crippen LogP contribution in [0.5, 0.6) is 0 Å². The van der Waals surface area contributed by atoms with Gasteiger partial charge in [-0.2, -0.15) is 0 Å². The van der Waals surface area contributed by atoms with Crippen molar-refractivity contribution >= 4 is 23.4 Å². The predicted molar refractivity (Wildman–Crippen MR) is 106 cm³/mol. The summed E-state index contributed by atoms with van der Waals surface area (Å²) in [6.07, 6.45) is 3.70. The first-order valence-corrected chi connectivity index (χ1v) is 9.40. The van der Waals surface area contributed by atoms with Gasteiger partial charge in [0.2, 0.25) is 5.91 Å². The molecule has 0 aliphatic carbocycles. The number of carbonyl (C=O) groups excluding carboxylic acids is 2. The fourth-order valence-electron chi connectivity index (χ4n) is 2.73. The Hall–Kier alpha value is -2.83. The van der Waals surface area contributed by atoms with Crippen molar-refractivity contribution in [2.75, 3.05) is 23.7 Å². The van der Waals surface area contributed by atoms with Crippen molar-refractivity contribution in [3.05, 3.63) is 41.7 Å². The summed E-state index contributed by atoms with van der Waals surface area (Å²) < 4.78 is 4.94. The summed E-state index contributed by atoms with van der Waals surface area (Å²) in [5, 5.41) is 9.34. The highest BCUT2D eigenvalue weighted by Gasteiger charge is 2.18. The zero-order valence-corrected chi connectivity index (χ0v) is 16.2. The van der Waals surface area contributed by atoms with Crippen LogP contribution < -0.4 is 10.6 Å². The topological polar surface area (TPSA) is 87.5 Å². The summed E-state index contributed by atoms with van der Waals surface area (Å²) in [4.78, 5) is 26.6. The average Bonchev–Trinajstić information content (AvgIpc) is 3.06. The maximum Gasteiger partial charge on any atom is 0.322 e. The number of unbranched alkanes of at least 4 members (excludes halogenated alkanes) is 2. The van der Waals surface area contributed by atoms with Crippen LogP contribution in [-0.4, -0.2) is 35.1 Å². The van der Waals surface area contributed by atoms with E-state index in [1.807, 2.05) is 31.2 Å². The Bertz CT molecular complexity index is 757. The zero-order valence-electron chi connectivity index (χ0n) is 16.2. The number of hydrogen-bond acceptors (Lipinski definition) is 4. The molecule has 146 valence electrons. The fraction of sp³-hybridized carbons (Fsp3) is 0.450. The average molecular weight is 372 g/mol. The van der Waals surface area contributed by atoms with Gasteiger partial charge in [-0.1, -0.05) is 50.0 Å². The van der Waals surface area contributed by atoms with E-state index in [9.17, 15) is 9.59 Å². The molecule has 2 rings (SSSR count). The molecule has 0 spiro atoms. The first kappa shape index (κ1) is 20.5. The van der Waals surface area contributed by atoms with Gasteiger partial charge in [0.05, 0.1) is 0 Å². The van der Waals surface area contributed by atoms with Gasteiger partial charge in [-0.3, -0.25) is 4.79 Å². The third-order valence-corrected chi connectivity index (χ3v) is 4.19. The summed E-state index contributed by atoms with van der Waals surface area (Å²) in [5.41, 5.74) is 1.83. The third kappa shape index (κ3) is 6.44. The zero-order chi connectivity index (χ0) is 19.6. The Labute approximate surface area is 160 Å². The lowest BCUT2D eigenvalue weighted by Crippen LogP contribution is -2.41. The van der Waals surface area contributed by atoms with Gasteiger partial charge in [-0.05, 0) is 31.4 Å². The number of benzene rings is 1. The third-order valence-electron chi connectivity index (χ3n) is 4.19. The van der Waals surface area contributed by atoms with E-state index in [0.717, 1.165) is 36.9 Å². The van der Waals surface area contributed by atoms with Gasteiger partial charge < -0.3 is 20.1 Å². The quantitative estimate of drug-likeness (QED) is 0.646. The first-order valence-electron chi connectivity index (χ1n) is 9.40. The highest BCUT2D eigenvalue weighted by atomic mass is 16.5. The number of amides is 3. The molecule has 1 aromatic carbocycles. The van der Waals surface area contributed by atoms with Crippen LogP contribution in [0.1, 0.15) is 44.4 Å². The molecule has 7 nitrogen and oxygen atoms in total. The van der Waals surface area contributed by atoms with E-state index in [-0.39, 0.29) is 18.5 Å². The SMILES string of the molecule is CCCCCN(CC(=O)Nc1cc(C)on1)C(=O)Nc1ccccc1CC. The second-order valence-electron chi connectivity index (χ2n) is 6.44. The number of para-hydroxylation sites is 1. The number of urea groups is 1. The number of aryl methyl sites for hydroxylation is 2. The van der Waals surface area contributed by atoms with Crippen LogP contribution in [0.4, 0.5) is 16.3 Å². The largest absolute Gasteiger partial charge is 0.360 e. The summed E-state index contributed by atoms with van der Waals surface area (Å²) in [6.45, 7) is 6.35. The summed E-state index contributed by atoms with van der Waals surface area (Å²) in [7, 11) is 0. The molecule has 7 heteroatoms. The minimum atomic E-state index is -0.307. The molecule has 0 aliphatic rings. The minimum Gasteiger partial charge on any atom is -0.360 e. The molecule has 0 bridgehead atoms. The molecule has 0 aliphatic heterocycles. The monoisotopic (exact) mass is 372 g/mol. The van der Waals surface area contributed by atoms with E-state index in [2.05, 4.69) is 22.7 Å². The number of aromatic nitrogens is 1. The fourth-order valence-corrected chi connectivity index (χ4v) is 2.73. The number of rotatable bonds is 9. The van der Waals surface area contributed by atoms with Gasteiger partial charge in [-0.15, -0.1) is 0 Å². The van der Waals surface area contributed by atoms with Gasteiger partial charge in [0.15, 0.2) is 5.82 Å². The van der Waals surface area contributed by atoms with E-state index in [4.69, 9.17) is 4.52 Å². The molecule has 1 aromatic heterocycles. The molecule has 0 saturated heterocycles. The Morgan fingerprint density at radius 1 is 1.15 bits per heavy atom. The van der Waals surface area contributed by atoms with Gasteiger partial charge in [0.1, 0.15) is 12.3 Å². The summed E-state index contributed by atoms with van der Waals surface area (Å²) in [6, 6.07) is 9.04. The Morgan fingerprint density at radius 3 is 2.59 bits per heavy atom. The van der Waals surface area contributed by atoms with Crippen molar-refractivity contribution in [2.45, 2.75) is 46.5 Å². The van der Waals surface area contributed by atoms with Crippen molar-refractivity contribution in [1.82, 2.24) is 10.1 Å². The predicted octanol–water partition coefficient (Wildman–Crippen LogP) is 4.21. The number of anilines is 2. The summed E-state index contributed by atoms with van der Waals surface area (Å²) in [5.74, 6) is 0.653. The standard InChI is InChI=1S/C20H28N4O3/c1-4-6-9-12-24(14-19(25)22-18-13-15(3)27-23-18)20(26)21-17-11-8-7-10-16(17)5-2/h7-8,10-11,13H,4-6,9,12,14H2,1-3H3,(H,21,26)(H,22,23,25). The Kier molecular flexibility index (Phi) is 7.85. The van der Waals surface area contributed by atoms with Crippen LogP contribution in [0.2, 0.25) is 0 Å². The molecule has 27 heavy (non-hydrogen) atoms. The maximum absolute atomic E-state index is 12.8.